The second kappa shape index (κ2) is 8.46. The summed E-state index contributed by atoms with van der Waals surface area (Å²) in [6, 6.07) is 6.13. The molecule has 0 bridgehead atoms. The first kappa shape index (κ1) is 16.3. The van der Waals surface area contributed by atoms with Crippen LogP contribution in [0.25, 0.3) is 0 Å². The van der Waals surface area contributed by atoms with E-state index >= 15 is 0 Å². The summed E-state index contributed by atoms with van der Waals surface area (Å²) >= 11 is 7.50. The van der Waals surface area contributed by atoms with E-state index in [4.69, 9.17) is 16.3 Å². The average molecular weight is 302 g/mol. The van der Waals surface area contributed by atoms with E-state index in [0.717, 1.165) is 17.0 Å². The molecule has 1 rings (SSSR count). The maximum absolute atomic E-state index is 11.4. The fourth-order valence-corrected chi connectivity index (χ4v) is 2.51. The van der Waals surface area contributed by atoms with Crippen LogP contribution >= 0.6 is 23.4 Å². The monoisotopic (exact) mass is 301 g/mol. The van der Waals surface area contributed by atoms with Gasteiger partial charge in [0.1, 0.15) is 0 Å². The number of benzene rings is 1. The van der Waals surface area contributed by atoms with E-state index in [1.54, 1.807) is 0 Å². The fourth-order valence-electron chi connectivity index (χ4n) is 1.48. The highest BCUT2D eigenvalue weighted by Gasteiger charge is 2.08. The molecule has 3 nitrogen and oxygen atoms in total. The van der Waals surface area contributed by atoms with E-state index in [9.17, 15) is 4.79 Å². The minimum Gasteiger partial charge on any atom is -0.465 e. The molecule has 0 fully saturated rings. The van der Waals surface area contributed by atoms with Crippen molar-refractivity contribution in [2.75, 3.05) is 12.4 Å². The van der Waals surface area contributed by atoms with Gasteiger partial charge < -0.3 is 10.1 Å². The number of esters is 1. The molecule has 0 aliphatic rings. The maximum atomic E-state index is 11.4. The number of nitrogens with one attached hydrogen (secondary N) is 1. The molecule has 1 aromatic rings. The van der Waals surface area contributed by atoms with Crippen LogP contribution in [0.15, 0.2) is 23.1 Å². The van der Waals surface area contributed by atoms with Gasteiger partial charge in [-0.2, -0.15) is 0 Å². The van der Waals surface area contributed by atoms with Crippen molar-refractivity contribution in [3.05, 3.63) is 28.8 Å². The highest BCUT2D eigenvalue weighted by atomic mass is 35.5. The normalized spacial score (nSPS) is 10.8. The Bertz CT molecular complexity index is 424. The smallest absolute Gasteiger partial charge is 0.316 e. The Kier molecular flexibility index (Phi) is 7.28. The quantitative estimate of drug-likeness (QED) is 0.618. The third-order valence-corrected chi connectivity index (χ3v) is 3.70. The molecule has 0 aliphatic carbocycles. The molecule has 0 unspecified atom stereocenters. The van der Waals surface area contributed by atoms with Gasteiger partial charge in [-0.05, 0) is 30.7 Å². The van der Waals surface area contributed by atoms with Crippen molar-refractivity contribution < 1.29 is 9.53 Å². The van der Waals surface area contributed by atoms with Gasteiger partial charge in [0.2, 0.25) is 0 Å². The maximum Gasteiger partial charge on any atom is 0.316 e. The number of halogens is 1. The second-order valence-corrected chi connectivity index (χ2v) is 5.83. The molecule has 0 heterocycles. The summed E-state index contributed by atoms with van der Waals surface area (Å²) in [5, 5.41) is 4.06. The van der Waals surface area contributed by atoms with Gasteiger partial charge in [0, 0.05) is 22.5 Å². The van der Waals surface area contributed by atoms with Crippen LogP contribution < -0.4 is 5.32 Å². The third-order valence-electron chi connectivity index (χ3n) is 2.37. The summed E-state index contributed by atoms with van der Waals surface area (Å²) in [4.78, 5) is 12.4. The predicted molar refractivity (Wildman–Crippen MR) is 80.8 cm³/mol. The van der Waals surface area contributed by atoms with Crippen LogP contribution in [0, 0.1) is 0 Å². The fraction of sp³-hybridized carbons (Fsp3) is 0.500. The van der Waals surface area contributed by atoms with Crippen molar-refractivity contribution >= 4 is 29.3 Å². The lowest BCUT2D eigenvalue weighted by Gasteiger charge is -2.12. The first-order valence-electron chi connectivity index (χ1n) is 6.33. The molecular formula is C14H20ClNO2S. The van der Waals surface area contributed by atoms with Gasteiger partial charge >= 0.3 is 5.97 Å². The van der Waals surface area contributed by atoms with E-state index in [-0.39, 0.29) is 5.97 Å². The summed E-state index contributed by atoms with van der Waals surface area (Å²) in [6.45, 7) is 7.15. The molecular weight excluding hydrogens is 282 g/mol. The molecule has 19 heavy (non-hydrogen) atoms. The van der Waals surface area contributed by atoms with E-state index in [1.165, 1.54) is 11.8 Å². The molecule has 0 aromatic heterocycles. The average Bonchev–Trinajstić information content (AvgIpc) is 2.35. The Labute approximate surface area is 124 Å². The minimum absolute atomic E-state index is 0.190. The zero-order valence-electron chi connectivity index (χ0n) is 11.5. The number of ether oxygens (including phenoxy) is 1. The lowest BCUT2D eigenvalue weighted by atomic mass is 10.2. The Morgan fingerprint density at radius 1 is 1.47 bits per heavy atom. The van der Waals surface area contributed by atoms with E-state index in [2.05, 4.69) is 19.2 Å². The van der Waals surface area contributed by atoms with Gasteiger partial charge in [-0.3, -0.25) is 4.79 Å². The van der Waals surface area contributed by atoms with E-state index < -0.39 is 0 Å². The summed E-state index contributed by atoms with van der Waals surface area (Å²) in [5.41, 5.74) is 1.11. The highest BCUT2D eigenvalue weighted by molar-refractivity contribution is 8.00. The molecule has 1 N–H and O–H groups in total. The second-order valence-electron chi connectivity index (χ2n) is 4.38. The van der Waals surface area contributed by atoms with Crippen LogP contribution in [0.3, 0.4) is 0 Å². The zero-order valence-corrected chi connectivity index (χ0v) is 13.1. The van der Waals surface area contributed by atoms with Crippen LogP contribution in [0.5, 0.6) is 0 Å². The van der Waals surface area contributed by atoms with E-state index in [1.807, 2.05) is 25.1 Å². The Balaban J connectivity index is 2.67. The Hall–Kier alpha value is -0.710. The summed E-state index contributed by atoms with van der Waals surface area (Å²) < 4.78 is 4.92. The molecule has 0 saturated carbocycles. The zero-order chi connectivity index (χ0) is 14.3. The standard InChI is InChI=1S/C14H20ClNO2S/c1-4-18-14(17)9-19-13-6-5-12(15)7-11(13)8-16-10(2)3/h5-7,10,16H,4,8-9H2,1-3H3. The third kappa shape index (κ3) is 6.32. The topological polar surface area (TPSA) is 38.3 Å². The minimum atomic E-state index is -0.190. The van der Waals surface area contributed by atoms with E-state index in [0.29, 0.717) is 23.4 Å². The predicted octanol–water partition coefficient (Wildman–Crippen LogP) is 3.49. The molecule has 5 heteroatoms. The first-order valence-corrected chi connectivity index (χ1v) is 7.69. The number of thioether (sulfide) groups is 1. The van der Waals surface area contributed by atoms with Crippen LogP contribution in [0.1, 0.15) is 26.3 Å². The number of rotatable bonds is 7. The molecule has 106 valence electrons. The summed E-state index contributed by atoms with van der Waals surface area (Å²) in [7, 11) is 0. The molecule has 0 saturated heterocycles. The van der Waals surface area contributed by atoms with Crippen LogP contribution in [-0.2, 0) is 16.1 Å². The molecule has 0 amide bonds. The lowest BCUT2D eigenvalue weighted by molar-refractivity contribution is -0.139. The van der Waals surface area contributed by atoms with Crippen LogP contribution in [0.2, 0.25) is 5.02 Å². The van der Waals surface area contributed by atoms with Crippen molar-refractivity contribution in [2.24, 2.45) is 0 Å². The van der Waals surface area contributed by atoms with Gasteiger partial charge in [0.25, 0.3) is 0 Å². The summed E-state index contributed by atoms with van der Waals surface area (Å²) in [5.74, 6) is 0.134. The molecule has 0 aliphatic heterocycles. The van der Waals surface area contributed by atoms with Crippen molar-refractivity contribution in [2.45, 2.75) is 38.3 Å². The summed E-state index contributed by atoms with van der Waals surface area (Å²) in [6.07, 6.45) is 0. The number of hydrogen-bond donors (Lipinski definition) is 1. The van der Waals surface area contributed by atoms with Crippen molar-refractivity contribution in [3.63, 3.8) is 0 Å². The molecule has 0 spiro atoms. The van der Waals surface area contributed by atoms with Gasteiger partial charge in [0.05, 0.1) is 12.4 Å². The number of carbonyl (C=O) groups is 1. The van der Waals surface area contributed by atoms with Gasteiger partial charge in [-0.25, -0.2) is 0 Å². The van der Waals surface area contributed by atoms with Gasteiger partial charge in [-0.1, -0.05) is 25.4 Å². The van der Waals surface area contributed by atoms with Gasteiger partial charge in [0.15, 0.2) is 0 Å². The molecule has 0 radical (unpaired) electrons. The number of carbonyl (C=O) groups excluding carboxylic acids is 1. The van der Waals surface area contributed by atoms with Crippen LogP contribution in [-0.4, -0.2) is 24.4 Å². The van der Waals surface area contributed by atoms with Gasteiger partial charge in [-0.15, -0.1) is 11.8 Å². The SMILES string of the molecule is CCOC(=O)CSc1ccc(Cl)cc1CNC(C)C. The lowest BCUT2D eigenvalue weighted by Crippen LogP contribution is -2.22. The highest BCUT2D eigenvalue weighted by Crippen LogP contribution is 2.26. The van der Waals surface area contributed by atoms with Crippen molar-refractivity contribution in [3.8, 4) is 0 Å². The largest absolute Gasteiger partial charge is 0.465 e. The first-order chi connectivity index (χ1) is 9.02. The number of hydrogen-bond acceptors (Lipinski definition) is 4. The Morgan fingerprint density at radius 3 is 2.84 bits per heavy atom. The van der Waals surface area contributed by atoms with Crippen molar-refractivity contribution in [1.29, 1.82) is 0 Å². The Morgan fingerprint density at radius 2 is 2.21 bits per heavy atom. The molecule has 0 atom stereocenters. The molecule has 1 aromatic carbocycles. The van der Waals surface area contributed by atoms with Crippen LogP contribution in [0.4, 0.5) is 0 Å². The van der Waals surface area contributed by atoms with Crippen molar-refractivity contribution in [1.82, 2.24) is 5.32 Å².